The Morgan fingerprint density at radius 3 is 2.80 bits per heavy atom. The molecule has 6 heteroatoms. The number of hydrogen-bond donors (Lipinski definition) is 1. The summed E-state index contributed by atoms with van der Waals surface area (Å²) in [5.74, 6) is 1.87. The van der Waals surface area contributed by atoms with Gasteiger partial charge in [-0.05, 0) is 18.1 Å². The molecule has 0 aliphatic rings. The second kappa shape index (κ2) is 6.15. The molecule has 0 spiro atoms. The van der Waals surface area contributed by atoms with Gasteiger partial charge in [-0.15, -0.1) is 0 Å². The Hall–Kier alpha value is -2.42. The third-order valence-corrected chi connectivity index (χ3v) is 3.07. The zero-order valence-corrected chi connectivity index (χ0v) is 12.0. The molecule has 20 heavy (non-hydrogen) atoms. The molecule has 6 nitrogen and oxygen atoms in total. The summed E-state index contributed by atoms with van der Waals surface area (Å²) in [7, 11) is 1.86. The topological polar surface area (TPSA) is 79.4 Å². The van der Waals surface area contributed by atoms with Gasteiger partial charge < -0.3 is 5.32 Å². The molecule has 2 heterocycles. The highest BCUT2D eigenvalue weighted by molar-refractivity contribution is 5.52. The van der Waals surface area contributed by atoms with Crippen molar-refractivity contribution in [2.45, 2.75) is 26.2 Å². The van der Waals surface area contributed by atoms with E-state index in [1.807, 2.05) is 19.2 Å². The Morgan fingerprint density at radius 1 is 1.40 bits per heavy atom. The van der Waals surface area contributed by atoms with Crippen LogP contribution in [0, 0.1) is 11.3 Å². The van der Waals surface area contributed by atoms with E-state index in [0.717, 1.165) is 17.9 Å². The number of aryl methyl sites for hydroxylation is 1. The molecule has 0 fully saturated rings. The monoisotopic (exact) mass is 270 g/mol. The van der Waals surface area contributed by atoms with Crippen LogP contribution < -0.4 is 5.32 Å². The van der Waals surface area contributed by atoms with Gasteiger partial charge in [-0.2, -0.15) is 10.4 Å². The molecule has 0 atom stereocenters. The van der Waals surface area contributed by atoms with E-state index in [9.17, 15) is 0 Å². The lowest BCUT2D eigenvalue weighted by molar-refractivity contribution is 0.701. The highest BCUT2D eigenvalue weighted by Gasteiger charge is 2.08. The van der Waals surface area contributed by atoms with Crippen LogP contribution in [-0.2, 0) is 13.5 Å². The SMILES string of the molecule is CC(C)c1ccc(C#N)c(NCCc2ncnn2C)n1. The molecule has 0 bridgehead atoms. The normalized spacial score (nSPS) is 10.6. The van der Waals surface area contributed by atoms with E-state index in [4.69, 9.17) is 5.26 Å². The summed E-state index contributed by atoms with van der Waals surface area (Å²) in [6.45, 7) is 4.82. The van der Waals surface area contributed by atoms with Crippen LogP contribution in [0.5, 0.6) is 0 Å². The van der Waals surface area contributed by atoms with Crippen LogP contribution >= 0.6 is 0 Å². The number of nitrogens with zero attached hydrogens (tertiary/aromatic N) is 5. The lowest BCUT2D eigenvalue weighted by atomic mass is 10.1. The van der Waals surface area contributed by atoms with E-state index in [-0.39, 0.29) is 0 Å². The Labute approximate surface area is 118 Å². The minimum absolute atomic E-state index is 0.335. The number of nitrogens with one attached hydrogen (secondary N) is 1. The van der Waals surface area contributed by atoms with Gasteiger partial charge in [0.2, 0.25) is 0 Å². The minimum Gasteiger partial charge on any atom is -0.369 e. The Balaban J connectivity index is 2.06. The van der Waals surface area contributed by atoms with Crippen molar-refractivity contribution in [1.82, 2.24) is 19.7 Å². The van der Waals surface area contributed by atoms with E-state index in [2.05, 4.69) is 40.3 Å². The van der Waals surface area contributed by atoms with E-state index in [1.165, 1.54) is 6.33 Å². The van der Waals surface area contributed by atoms with E-state index >= 15 is 0 Å². The Kier molecular flexibility index (Phi) is 4.31. The van der Waals surface area contributed by atoms with Crippen molar-refractivity contribution < 1.29 is 0 Å². The van der Waals surface area contributed by atoms with Gasteiger partial charge in [0.1, 0.15) is 24.0 Å². The molecule has 0 aliphatic heterocycles. The summed E-state index contributed by atoms with van der Waals surface area (Å²) in [6.07, 6.45) is 2.27. The summed E-state index contributed by atoms with van der Waals surface area (Å²) in [5.41, 5.74) is 1.54. The Morgan fingerprint density at radius 2 is 2.20 bits per heavy atom. The predicted molar refractivity (Wildman–Crippen MR) is 76.2 cm³/mol. The fourth-order valence-corrected chi connectivity index (χ4v) is 1.86. The lowest BCUT2D eigenvalue weighted by Gasteiger charge is -2.10. The van der Waals surface area contributed by atoms with Gasteiger partial charge >= 0.3 is 0 Å². The molecular weight excluding hydrogens is 252 g/mol. The molecule has 1 N–H and O–H groups in total. The van der Waals surface area contributed by atoms with Crippen LogP contribution in [-0.4, -0.2) is 26.3 Å². The molecule has 0 radical (unpaired) electrons. The lowest BCUT2D eigenvalue weighted by Crippen LogP contribution is -2.12. The van der Waals surface area contributed by atoms with Crippen molar-refractivity contribution in [2.75, 3.05) is 11.9 Å². The smallest absolute Gasteiger partial charge is 0.144 e. The molecule has 104 valence electrons. The summed E-state index contributed by atoms with van der Waals surface area (Å²) in [6, 6.07) is 5.87. The van der Waals surface area contributed by atoms with Gasteiger partial charge in [-0.1, -0.05) is 13.8 Å². The molecule has 0 saturated heterocycles. The Bertz CT molecular complexity index is 623. The maximum absolute atomic E-state index is 9.12. The van der Waals surface area contributed by atoms with Crippen LogP contribution in [0.2, 0.25) is 0 Å². The largest absolute Gasteiger partial charge is 0.369 e. The summed E-state index contributed by atoms with van der Waals surface area (Å²) in [4.78, 5) is 8.67. The third-order valence-electron chi connectivity index (χ3n) is 3.07. The van der Waals surface area contributed by atoms with Crippen molar-refractivity contribution in [1.29, 1.82) is 5.26 Å². The van der Waals surface area contributed by atoms with Gasteiger partial charge in [0, 0.05) is 25.7 Å². The zero-order valence-electron chi connectivity index (χ0n) is 12.0. The molecule has 0 amide bonds. The number of aromatic nitrogens is 4. The molecule has 2 rings (SSSR count). The van der Waals surface area contributed by atoms with Crippen molar-refractivity contribution in [3.8, 4) is 6.07 Å². The van der Waals surface area contributed by atoms with Gasteiger partial charge in [0.05, 0.1) is 5.56 Å². The maximum Gasteiger partial charge on any atom is 0.144 e. The van der Waals surface area contributed by atoms with Gasteiger partial charge in [-0.3, -0.25) is 4.68 Å². The van der Waals surface area contributed by atoms with Crippen molar-refractivity contribution in [2.24, 2.45) is 7.05 Å². The second-order valence-electron chi connectivity index (χ2n) is 4.88. The highest BCUT2D eigenvalue weighted by atomic mass is 15.3. The first kappa shape index (κ1) is 14.0. The molecule has 0 aliphatic carbocycles. The molecule has 0 saturated carbocycles. The van der Waals surface area contributed by atoms with Gasteiger partial charge in [0.15, 0.2) is 0 Å². The molecule has 2 aromatic rings. The van der Waals surface area contributed by atoms with Crippen LogP contribution in [0.4, 0.5) is 5.82 Å². The zero-order chi connectivity index (χ0) is 14.5. The number of pyridine rings is 1. The summed E-state index contributed by atoms with van der Waals surface area (Å²) < 4.78 is 1.74. The predicted octanol–water partition coefficient (Wildman–Crippen LogP) is 1.86. The van der Waals surface area contributed by atoms with Crippen LogP contribution in [0.15, 0.2) is 18.5 Å². The number of anilines is 1. The van der Waals surface area contributed by atoms with Crippen LogP contribution in [0.25, 0.3) is 0 Å². The average molecular weight is 270 g/mol. The standard InChI is InChI=1S/C14H18N6/c1-10(2)12-5-4-11(8-15)14(19-12)16-7-6-13-17-9-18-20(13)3/h4-5,9-10H,6-7H2,1-3H3,(H,16,19). The molecule has 2 aromatic heterocycles. The van der Waals surface area contributed by atoms with E-state index in [1.54, 1.807) is 4.68 Å². The fourth-order valence-electron chi connectivity index (χ4n) is 1.86. The molecular formula is C14H18N6. The number of nitriles is 1. The van der Waals surface area contributed by atoms with Gasteiger partial charge in [0.25, 0.3) is 0 Å². The van der Waals surface area contributed by atoms with E-state index < -0.39 is 0 Å². The van der Waals surface area contributed by atoms with Crippen LogP contribution in [0.1, 0.15) is 36.8 Å². The van der Waals surface area contributed by atoms with Crippen molar-refractivity contribution in [3.63, 3.8) is 0 Å². The third kappa shape index (κ3) is 3.12. The van der Waals surface area contributed by atoms with Crippen molar-refractivity contribution in [3.05, 3.63) is 35.5 Å². The quantitative estimate of drug-likeness (QED) is 0.897. The molecule has 0 aromatic carbocycles. The van der Waals surface area contributed by atoms with E-state index in [0.29, 0.717) is 23.8 Å². The highest BCUT2D eigenvalue weighted by Crippen LogP contribution is 2.18. The summed E-state index contributed by atoms with van der Waals surface area (Å²) in [5, 5.41) is 16.4. The fraction of sp³-hybridized carbons (Fsp3) is 0.429. The summed E-state index contributed by atoms with van der Waals surface area (Å²) >= 11 is 0. The first-order valence-corrected chi connectivity index (χ1v) is 6.59. The average Bonchev–Trinajstić information content (AvgIpc) is 2.84. The van der Waals surface area contributed by atoms with Gasteiger partial charge in [-0.25, -0.2) is 9.97 Å². The molecule has 0 unspecified atom stereocenters. The second-order valence-corrected chi connectivity index (χ2v) is 4.88. The first-order valence-electron chi connectivity index (χ1n) is 6.59. The first-order chi connectivity index (χ1) is 9.61. The number of hydrogen-bond acceptors (Lipinski definition) is 5. The van der Waals surface area contributed by atoms with Crippen LogP contribution in [0.3, 0.4) is 0 Å². The minimum atomic E-state index is 0.335. The number of rotatable bonds is 5. The van der Waals surface area contributed by atoms with Crippen molar-refractivity contribution >= 4 is 5.82 Å². The maximum atomic E-state index is 9.12.